The number of amides is 2. The number of hydrogen-bond donors (Lipinski definition) is 3. The molecule has 0 unspecified atom stereocenters. The number of nitrogens with one attached hydrogen (secondary N) is 3. The molecule has 0 aliphatic carbocycles. The van der Waals surface area contributed by atoms with Gasteiger partial charge in [-0.05, 0) is 35.7 Å². The highest BCUT2D eigenvalue weighted by Crippen LogP contribution is 2.17. The van der Waals surface area contributed by atoms with Crippen molar-refractivity contribution in [1.82, 2.24) is 15.6 Å². The number of rotatable bonds is 5. The molecule has 3 aromatic rings. The second-order valence-corrected chi connectivity index (χ2v) is 5.79. The Morgan fingerprint density at radius 3 is 2.83 bits per heavy atom. The molecule has 0 radical (unpaired) electrons. The Morgan fingerprint density at radius 1 is 1.09 bits per heavy atom. The third-order valence-corrected chi connectivity index (χ3v) is 3.93. The van der Waals surface area contributed by atoms with Crippen LogP contribution in [0.5, 0.6) is 0 Å². The summed E-state index contributed by atoms with van der Waals surface area (Å²) < 4.78 is 0. The first-order valence-corrected chi connectivity index (χ1v) is 7.91. The van der Waals surface area contributed by atoms with Gasteiger partial charge >= 0.3 is 6.03 Å². The number of para-hydroxylation sites is 1. The highest BCUT2D eigenvalue weighted by atomic mass is 35.5. The third kappa shape index (κ3) is 4.05. The lowest BCUT2D eigenvalue weighted by Crippen LogP contribution is -2.36. The number of urea groups is 1. The number of benzene rings is 2. The standard InChI is InChI=1S/C18H18ClN3O/c19-15-5-3-4-13(10-15)11-22-18(23)20-9-8-14-12-21-17-7-2-1-6-16(14)17/h1-7,10,12,21H,8-9,11H2,(H2,20,22,23). The van der Waals surface area contributed by atoms with Crippen LogP contribution in [0, 0.1) is 0 Å². The van der Waals surface area contributed by atoms with Crippen LogP contribution >= 0.6 is 11.6 Å². The van der Waals surface area contributed by atoms with Gasteiger partial charge in [-0.2, -0.15) is 0 Å². The Bertz CT molecular complexity index is 813. The van der Waals surface area contributed by atoms with Crippen LogP contribution in [0.15, 0.2) is 54.7 Å². The molecule has 118 valence electrons. The fourth-order valence-electron chi connectivity index (χ4n) is 2.54. The molecule has 0 aliphatic heterocycles. The van der Waals surface area contributed by atoms with Gasteiger partial charge in [0.1, 0.15) is 0 Å². The molecule has 0 saturated carbocycles. The summed E-state index contributed by atoms with van der Waals surface area (Å²) >= 11 is 5.92. The zero-order chi connectivity index (χ0) is 16.1. The van der Waals surface area contributed by atoms with Crippen LogP contribution in [-0.4, -0.2) is 17.6 Å². The average Bonchev–Trinajstić information content (AvgIpc) is 2.97. The number of fused-ring (bicyclic) bond motifs is 1. The quantitative estimate of drug-likeness (QED) is 0.654. The summed E-state index contributed by atoms with van der Waals surface area (Å²) in [7, 11) is 0. The zero-order valence-electron chi connectivity index (χ0n) is 12.6. The van der Waals surface area contributed by atoms with E-state index in [1.54, 1.807) is 0 Å². The Morgan fingerprint density at radius 2 is 1.96 bits per heavy atom. The smallest absolute Gasteiger partial charge is 0.315 e. The van der Waals surface area contributed by atoms with E-state index in [2.05, 4.69) is 21.7 Å². The third-order valence-electron chi connectivity index (χ3n) is 3.70. The van der Waals surface area contributed by atoms with E-state index in [-0.39, 0.29) is 6.03 Å². The number of aromatic nitrogens is 1. The van der Waals surface area contributed by atoms with Crippen molar-refractivity contribution < 1.29 is 4.79 Å². The highest BCUT2D eigenvalue weighted by molar-refractivity contribution is 6.30. The first kappa shape index (κ1) is 15.4. The first-order valence-electron chi connectivity index (χ1n) is 7.53. The topological polar surface area (TPSA) is 56.9 Å². The van der Waals surface area contributed by atoms with Gasteiger partial charge in [0.05, 0.1) is 0 Å². The highest BCUT2D eigenvalue weighted by Gasteiger charge is 2.04. The van der Waals surface area contributed by atoms with Gasteiger partial charge in [-0.15, -0.1) is 0 Å². The molecule has 0 fully saturated rings. The molecule has 4 nitrogen and oxygen atoms in total. The lowest BCUT2D eigenvalue weighted by molar-refractivity contribution is 0.240. The maximum Gasteiger partial charge on any atom is 0.315 e. The summed E-state index contributed by atoms with van der Waals surface area (Å²) in [5, 5.41) is 7.57. The second-order valence-electron chi connectivity index (χ2n) is 5.35. The van der Waals surface area contributed by atoms with E-state index in [9.17, 15) is 4.79 Å². The summed E-state index contributed by atoms with van der Waals surface area (Å²) in [6.45, 7) is 1.04. The number of carbonyl (C=O) groups excluding carboxylic acids is 1. The molecular weight excluding hydrogens is 310 g/mol. The Labute approximate surface area is 139 Å². The number of halogens is 1. The normalized spacial score (nSPS) is 10.7. The van der Waals surface area contributed by atoms with E-state index in [0.717, 1.165) is 17.5 Å². The van der Waals surface area contributed by atoms with Gasteiger partial charge in [-0.25, -0.2) is 4.79 Å². The van der Waals surface area contributed by atoms with Gasteiger partial charge in [0.2, 0.25) is 0 Å². The molecule has 1 aromatic heterocycles. The van der Waals surface area contributed by atoms with Crippen molar-refractivity contribution in [2.24, 2.45) is 0 Å². The van der Waals surface area contributed by atoms with Crippen LogP contribution in [0.4, 0.5) is 4.79 Å². The van der Waals surface area contributed by atoms with Gasteiger partial charge in [-0.1, -0.05) is 41.9 Å². The van der Waals surface area contributed by atoms with E-state index < -0.39 is 0 Å². The summed E-state index contributed by atoms with van der Waals surface area (Å²) in [5.74, 6) is 0. The van der Waals surface area contributed by atoms with Crippen LogP contribution in [0.3, 0.4) is 0 Å². The molecule has 2 aromatic carbocycles. The second kappa shape index (κ2) is 7.20. The molecule has 0 atom stereocenters. The van der Waals surface area contributed by atoms with Crippen LogP contribution in [0.25, 0.3) is 10.9 Å². The van der Waals surface area contributed by atoms with Gasteiger partial charge in [0.25, 0.3) is 0 Å². The van der Waals surface area contributed by atoms with Gasteiger partial charge in [0, 0.05) is 35.2 Å². The van der Waals surface area contributed by atoms with Crippen molar-refractivity contribution >= 4 is 28.5 Å². The van der Waals surface area contributed by atoms with Crippen LogP contribution in [-0.2, 0) is 13.0 Å². The molecule has 23 heavy (non-hydrogen) atoms. The Balaban J connectivity index is 1.46. The SMILES string of the molecule is O=C(NCCc1c[nH]c2ccccc12)NCc1cccc(Cl)c1. The van der Waals surface area contributed by atoms with Crippen LogP contribution < -0.4 is 10.6 Å². The molecule has 1 heterocycles. The van der Waals surface area contributed by atoms with E-state index in [1.807, 2.05) is 48.7 Å². The molecule has 0 saturated heterocycles. The van der Waals surface area contributed by atoms with E-state index in [4.69, 9.17) is 11.6 Å². The molecule has 0 bridgehead atoms. The van der Waals surface area contributed by atoms with Crippen molar-refractivity contribution in [3.8, 4) is 0 Å². The molecule has 0 spiro atoms. The van der Waals surface area contributed by atoms with Crippen LogP contribution in [0.1, 0.15) is 11.1 Å². The van der Waals surface area contributed by atoms with Crippen LogP contribution in [0.2, 0.25) is 5.02 Å². The monoisotopic (exact) mass is 327 g/mol. The van der Waals surface area contributed by atoms with Gasteiger partial charge in [0.15, 0.2) is 0 Å². The molecule has 2 amide bonds. The van der Waals surface area contributed by atoms with E-state index in [0.29, 0.717) is 18.1 Å². The predicted molar refractivity (Wildman–Crippen MR) is 93.7 cm³/mol. The summed E-state index contributed by atoms with van der Waals surface area (Å²) in [6, 6.07) is 15.4. The minimum Gasteiger partial charge on any atom is -0.361 e. The summed E-state index contributed by atoms with van der Waals surface area (Å²) in [5.41, 5.74) is 3.30. The lowest BCUT2D eigenvalue weighted by atomic mass is 10.1. The summed E-state index contributed by atoms with van der Waals surface area (Å²) in [6.07, 6.45) is 2.78. The maximum absolute atomic E-state index is 11.8. The number of hydrogen-bond acceptors (Lipinski definition) is 1. The average molecular weight is 328 g/mol. The lowest BCUT2D eigenvalue weighted by Gasteiger charge is -2.07. The fraction of sp³-hybridized carbons (Fsp3) is 0.167. The Kier molecular flexibility index (Phi) is 4.83. The van der Waals surface area contributed by atoms with Crippen molar-refractivity contribution in [2.75, 3.05) is 6.54 Å². The minimum atomic E-state index is -0.176. The summed E-state index contributed by atoms with van der Waals surface area (Å²) in [4.78, 5) is 15.1. The fourth-order valence-corrected chi connectivity index (χ4v) is 2.75. The molecule has 5 heteroatoms. The minimum absolute atomic E-state index is 0.176. The first-order chi connectivity index (χ1) is 11.2. The van der Waals surface area contributed by atoms with Crippen molar-refractivity contribution in [3.63, 3.8) is 0 Å². The molecular formula is C18H18ClN3O. The number of carbonyl (C=O) groups is 1. The molecule has 3 N–H and O–H groups in total. The molecule has 0 aliphatic rings. The maximum atomic E-state index is 11.8. The van der Waals surface area contributed by atoms with Crippen molar-refractivity contribution in [2.45, 2.75) is 13.0 Å². The van der Waals surface area contributed by atoms with E-state index >= 15 is 0 Å². The van der Waals surface area contributed by atoms with Crippen molar-refractivity contribution in [3.05, 3.63) is 70.9 Å². The van der Waals surface area contributed by atoms with Crippen molar-refractivity contribution in [1.29, 1.82) is 0 Å². The number of aromatic amines is 1. The van der Waals surface area contributed by atoms with E-state index in [1.165, 1.54) is 10.9 Å². The van der Waals surface area contributed by atoms with Gasteiger partial charge < -0.3 is 15.6 Å². The zero-order valence-corrected chi connectivity index (χ0v) is 13.4. The molecule has 3 rings (SSSR count). The predicted octanol–water partition coefficient (Wildman–Crippen LogP) is 3.86. The Hall–Kier alpha value is -2.46. The van der Waals surface area contributed by atoms with Gasteiger partial charge in [-0.3, -0.25) is 0 Å². The number of H-pyrrole nitrogens is 1. The largest absolute Gasteiger partial charge is 0.361 e.